The fourth-order valence-corrected chi connectivity index (χ4v) is 3.44. The predicted molar refractivity (Wildman–Crippen MR) is 95.9 cm³/mol. The number of rotatable bonds is 14. The van der Waals surface area contributed by atoms with Crippen LogP contribution in [0.5, 0.6) is 0 Å². The van der Waals surface area contributed by atoms with Crippen LogP contribution in [0.2, 0.25) is 0 Å². The Balaban J connectivity index is 0. The second-order valence-electron chi connectivity index (χ2n) is 5.29. The SMILES string of the molecule is CCCCCCCCPCCCCCCCC.P. The molecule has 0 fully saturated rings. The summed E-state index contributed by atoms with van der Waals surface area (Å²) in [6.45, 7) is 4.59. The highest BCUT2D eigenvalue weighted by Gasteiger charge is 1.93. The minimum absolute atomic E-state index is 0. The zero-order valence-electron chi connectivity index (χ0n) is 13.1. The highest BCUT2D eigenvalue weighted by atomic mass is 31.1. The van der Waals surface area contributed by atoms with Crippen molar-refractivity contribution in [2.75, 3.05) is 12.3 Å². The summed E-state index contributed by atoms with van der Waals surface area (Å²) in [6, 6.07) is 0. The smallest absolute Gasteiger partial charge is 0.0353 e. The van der Waals surface area contributed by atoms with Gasteiger partial charge in [0.2, 0.25) is 0 Å². The van der Waals surface area contributed by atoms with Crippen LogP contribution in [0.15, 0.2) is 0 Å². The molecular weight excluding hydrogens is 254 g/mol. The second-order valence-corrected chi connectivity index (χ2v) is 6.79. The Bertz CT molecular complexity index is 112. The fraction of sp³-hybridized carbons (Fsp3) is 1.00. The summed E-state index contributed by atoms with van der Waals surface area (Å²) in [5.74, 6) is 0. The second kappa shape index (κ2) is 20.2. The summed E-state index contributed by atoms with van der Waals surface area (Å²) in [4.78, 5) is 0. The minimum atomic E-state index is 0. The lowest BCUT2D eigenvalue weighted by Crippen LogP contribution is -1.84. The Labute approximate surface area is 122 Å². The summed E-state index contributed by atoms with van der Waals surface area (Å²) < 4.78 is 0. The van der Waals surface area contributed by atoms with E-state index in [1.54, 1.807) is 0 Å². The summed E-state index contributed by atoms with van der Waals surface area (Å²) in [5, 5.41) is 0. The minimum Gasteiger partial charge on any atom is -0.153 e. The molecule has 0 amide bonds. The predicted octanol–water partition coefficient (Wildman–Crippen LogP) is 6.44. The van der Waals surface area contributed by atoms with Crippen LogP contribution in [0.1, 0.15) is 90.9 Å². The average Bonchev–Trinajstić information content (AvgIpc) is 2.35. The van der Waals surface area contributed by atoms with E-state index in [1.807, 2.05) is 0 Å². The molecule has 0 aromatic carbocycles. The number of hydrogen-bond acceptors (Lipinski definition) is 0. The van der Waals surface area contributed by atoms with Crippen LogP contribution in [0.25, 0.3) is 0 Å². The molecule has 0 aromatic rings. The molecule has 18 heavy (non-hydrogen) atoms. The molecule has 0 N–H and O–H groups in total. The van der Waals surface area contributed by atoms with Gasteiger partial charge in [0.15, 0.2) is 0 Å². The highest BCUT2D eigenvalue weighted by molar-refractivity contribution is 7.37. The van der Waals surface area contributed by atoms with Gasteiger partial charge in [0.05, 0.1) is 0 Å². The van der Waals surface area contributed by atoms with Crippen molar-refractivity contribution in [2.45, 2.75) is 90.9 Å². The normalized spacial score (nSPS) is 10.3. The molecule has 0 saturated heterocycles. The van der Waals surface area contributed by atoms with Gasteiger partial charge < -0.3 is 0 Å². The first-order chi connectivity index (χ1) is 8.41. The molecule has 0 aliphatic heterocycles. The Hall–Kier alpha value is 0.860. The van der Waals surface area contributed by atoms with Crippen molar-refractivity contribution in [3.8, 4) is 0 Å². The van der Waals surface area contributed by atoms with Gasteiger partial charge in [0.1, 0.15) is 0 Å². The van der Waals surface area contributed by atoms with Gasteiger partial charge in [-0.2, -0.15) is 9.90 Å². The van der Waals surface area contributed by atoms with E-state index < -0.39 is 0 Å². The highest BCUT2D eigenvalue weighted by Crippen LogP contribution is 2.17. The van der Waals surface area contributed by atoms with E-state index in [4.69, 9.17) is 0 Å². The Morgan fingerprint density at radius 1 is 0.500 bits per heavy atom. The van der Waals surface area contributed by atoms with Gasteiger partial charge in [0.25, 0.3) is 0 Å². The molecule has 0 rings (SSSR count). The third-order valence-corrected chi connectivity index (χ3v) is 4.83. The monoisotopic (exact) mass is 292 g/mol. The maximum atomic E-state index is 2.29. The van der Waals surface area contributed by atoms with Gasteiger partial charge in [-0.15, -0.1) is 8.58 Å². The number of unbranched alkanes of at least 4 members (excludes halogenated alkanes) is 10. The lowest BCUT2D eigenvalue weighted by molar-refractivity contribution is 0.623. The third-order valence-electron chi connectivity index (χ3n) is 3.41. The average molecular weight is 292 g/mol. The lowest BCUT2D eigenvalue weighted by atomic mass is 10.1. The van der Waals surface area contributed by atoms with Gasteiger partial charge in [-0.05, 0) is 25.2 Å². The molecule has 2 heteroatoms. The van der Waals surface area contributed by atoms with Gasteiger partial charge in [0, 0.05) is 0 Å². The van der Waals surface area contributed by atoms with E-state index >= 15 is 0 Å². The molecule has 0 nitrogen and oxygen atoms in total. The first kappa shape index (κ1) is 21.2. The number of hydrogen-bond donors (Lipinski definition) is 0. The molecule has 0 spiro atoms. The molecule has 0 aliphatic carbocycles. The van der Waals surface area contributed by atoms with Crippen LogP contribution in [0.3, 0.4) is 0 Å². The van der Waals surface area contributed by atoms with Crippen molar-refractivity contribution in [3.05, 3.63) is 0 Å². The largest absolute Gasteiger partial charge is 0.153 e. The van der Waals surface area contributed by atoms with Gasteiger partial charge in [-0.3, -0.25) is 0 Å². The van der Waals surface area contributed by atoms with E-state index in [0.717, 1.165) is 0 Å². The maximum absolute atomic E-state index is 2.29. The molecule has 0 aliphatic rings. The molecular formula is C16H38P2. The van der Waals surface area contributed by atoms with Crippen molar-refractivity contribution in [3.63, 3.8) is 0 Å². The Morgan fingerprint density at radius 2 is 0.833 bits per heavy atom. The molecule has 1 unspecified atom stereocenters. The lowest BCUT2D eigenvalue weighted by Gasteiger charge is -2.03. The topological polar surface area (TPSA) is 0 Å². The van der Waals surface area contributed by atoms with Crippen LogP contribution >= 0.6 is 18.5 Å². The van der Waals surface area contributed by atoms with E-state index in [9.17, 15) is 0 Å². The van der Waals surface area contributed by atoms with Crippen molar-refractivity contribution in [1.29, 1.82) is 0 Å². The summed E-state index contributed by atoms with van der Waals surface area (Å²) in [6.07, 6.45) is 20.5. The third kappa shape index (κ3) is 19.2. The van der Waals surface area contributed by atoms with Crippen LogP contribution in [-0.4, -0.2) is 12.3 Å². The van der Waals surface area contributed by atoms with Crippen molar-refractivity contribution < 1.29 is 0 Å². The molecule has 0 heterocycles. The van der Waals surface area contributed by atoms with E-state index in [2.05, 4.69) is 13.8 Å². The zero-order valence-corrected chi connectivity index (χ0v) is 15.5. The van der Waals surface area contributed by atoms with Gasteiger partial charge in [-0.25, -0.2) is 0 Å². The standard InChI is InChI=1S/C16H35P.H3P/c1-3-5-7-9-11-13-15-17-16-14-12-10-8-6-4-2;/h17H,3-16H2,1-2H3;1H3. The van der Waals surface area contributed by atoms with E-state index in [0.29, 0.717) is 0 Å². The van der Waals surface area contributed by atoms with Crippen LogP contribution in [0, 0.1) is 0 Å². The molecule has 0 saturated carbocycles. The van der Waals surface area contributed by atoms with Gasteiger partial charge in [-0.1, -0.05) is 78.1 Å². The van der Waals surface area contributed by atoms with E-state index in [1.165, 1.54) is 98.0 Å². The van der Waals surface area contributed by atoms with Crippen molar-refractivity contribution in [2.24, 2.45) is 0 Å². The molecule has 0 aromatic heterocycles. The van der Waals surface area contributed by atoms with E-state index in [-0.39, 0.29) is 9.90 Å². The van der Waals surface area contributed by atoms with Crippen LogP contribution in [-0.2, 0) is 0 Å². The Morgan fingerprint density at radius 3 is 1.22 bits per heavy atom. The zero-order chi connectivity index (χ0) is 12.6. The molecule has 0 radical (unpaired) electrons. The summed E-state index contributed by atoms with van der Waals surface area (Å²) >= 11 is 0. The summed E-state index contributed by atoms with van der Waals surface area (Å²) in [7, 11) is 1.26. The van der Waals surface area contributed by atoms with Gasteiger partial charge >= 0.3 is 0 Å². The van der Waals surface area contributed by atoms with Crippen LogP contribution in [0.4, 0.5) is 0 Å². The van der Waals surface area contributed by atoms with Crippen LogP contribution < -0.4 is 0 Å². The maximum Gasteiger partial charge on any atom is -0.0353 e. The summed E-state index contributed by atoms with van der Waals surface area (Å²) in [5.41, 5.74) is 0. The fourth-order valence-electron chi connectivity index (χ4n) is 2.19. The van der Waals surface area contributed by atoms with Crippen molar-refractivity contribution in [1.82, 2.24) is 0 Å². The van der Waals surface area contributed by atoms with Crippen molar-refractivity contribution >= 4 is 18.5 Å². The molecule has 112 valence electrons. The Kier molecular flexibility index (Phi) is 23.7. The first-order valence-electron chi connectivity index (χ1n) is 8.12. The molecule has 1 atom stereocenters. The quantitative estimate of drug-likeness (QED) is 0.255. The first-order valence-corrected chi connectivity index (χ1v) is 9.54. The molecule has 0 bridgehead atoms.